The molecular weight excluding hydrogens is 240 g/mol. The Morgan fingerprint density at radius 2 is 2.16 bits per heavy atom. The molecule has 1 saturated heterocycles. The lowest BCUT2D eigenvalue weighted by molar-refractivity contribution is 0.0216. The molecule has 4 nitrogen and oxygen atoms in total. The lowest BCUT2D eigenvalue weighted by atomic mass is 9.90. The summed E-state index contributed by atoms with van der Waals surface area (Å²) < 4.78 is 5.36. The third kappa shape index (κ3) is 3.14. The quantitative estimate of drug-likeness (QED) is 0.902. The summed E-state index contributed by atoms with van der Waals surface area (Å²) in [5.74, 6) is 0.393. The number of aliphatic hydroxyl groups is 1. The smallest absolute Gasteiger partial charge is 0.117 e. The van der Waals surface area contributed by atoms with Crippen molar-refractivity contribution in [1.82, 2.24) is 9.88 Å². The Morgan fingerprint density at radius 3 is 2.68 bits per heavy atom. The van der Waals surface area contributed by atoms with Crippen LogP contribution in [-0.4, -0.2) is 42.3 Å². The number of hydrogen-bond acceptors (Lipinski definition) is 4. The van der Waals surface area contributed by atoms with E-state index in [1.807, 2.05) is 26.2 Å². The summed E-state index contributed by atoms with van der Waals surface area (Å²) in [4.78, 5) is 6.82. The van der Waals surface area contributed by atoms with Gasteiger partial charge in [-0.15, -0.1) is 0 Å². The van der Waals surface area contributed by atoms with Crippen LogP contribution >= 0.6 is 0 Å². The van der Waals surface area contributed by atoms with Crippen LogP contribution in [0, 0.1) is 0 Å². The molecule has 1 N–H and O–H groups in total. The van der Waals surface area contributed by atoms with E-state index >= 15 is 0 Å². The molecule has 1 aromatic rings. The van der Waals surface area contributed by atoms with Gasteiger partial charge in [0.25, 0.3) is 0 Å². The number of rotatable bonds is 4. The average Bonchev–Trinajstić information content (AvgIpc) is 2.76. The molecule has 0 spiro atoms. The molecule has 1 unspecified atom stereocenters. The maximum Gasteiger partial charge on any atom is 0.117 e. The molecule has 4 heteroatoms. The van der Waals surface area contributed by atoms with Crippen molar-refractivity contribution in [1.29, 1.82) is 0 Å². The molecule has 0 radical (unpaired) electrons. The Hall–Kier alpha value is -0.970. The molecule has 1 atom stereocenters. The molecule has 1 aromatic heterocycles. The van der Waals surface area contributed by atoms with Gasteiger partial charge in [-0.25, -0.2) is 0 Å². The first-order valence-electron chi connectivity index (χ1n) is 6.87. The van der Waals surface area contributed by atoms with Crippen molar-refractivity contribution in [3.05, 3.63) is 29.1 Å². The van der Waals surface area contributed by atoms with E-state index in [-0.39, 0.29) is 0 Å². The van der Waals surface area contributed by atoms with Gasteiger partial charge in [0, 0.05) is 30.8 Å². The molecular formula is C15H24N2O2. The minimum Gasteiger partial charge on any atom is -0.383 e. The molecule has 2 rings (SSSR count). The van der Waals surface area contributed by atoms with Crippen molar-refractivity contribution >= 4 is 0 Å². The highest BCUT2D eigenvalue weighted by Crippen LogP contribution is 2.33. The number of ether oxygens (including phenoxy) is 1. The SMILES string of the molecule is CC(C)c1ccc(C2(O)CCOC2)c(CN(C)C)n1. The summed E-state index contributed by atoms with van der Waals surface area (Å²) in [7, 11) is 4.03. The van der Waals surface area contributed by atoms with Crippen molar-refractivity contribution in [2.24, 2.45) is 0 Å². The molecule has 0 aliphatic carbocycles. The van der Waals surface area contributed by atoms with Crippen LogP contribution in [0.1, 0.15) is 43.1 Å². The van der Waals surface area contributed by atoms with Gasteiger partial charge >= 0.3 is 0 Å². The monoisotopic (exact) mass is 264 g/mol. The zero-order chi connectivity index (χ0) is 14.0. The van der Waals surface area contributed by atoms with Crippen LogP contribution in [0.3, 0.4) is 0 Å². The summed E-state index contributed by atoms with van der Waals surface area (Å²) >= 11 is 0. The van der Waals surface area contributed by atoms with E-state index in [9.17, 15) is 5.11 Å². The van der Waals surface area contributed by atoms with E-state index < -0.39 is 5.60 Å². The summed E-state index contributed by atoms with van der Waals surface area (Å²) in [5.41, 5.74) is 2.09. The third-order valence-corrected chi connectivity index (χ3v) is 3.56. The Morgan fingerprint density at radius 1 is 1.42 bits per heavy atom. The lowest BCUT2D eigenvalue weighted by Gasteiger charge is -2.25. The minimum absolute atomic E-state index is 0.371. The van der Waals surface area contributed by atoms with Gasteiger partial charge in [-0.3, -0.25) is 4.98 Å². The fourth-order valence-corrected chi connectivity index (χ4v) is 2.45. The fourth-order valence-electron chi connectivity index (χ4n) is 2.45. The van der Waals surface area contributed by atoms with Gasteiger partial charge in [0.1, 0.15) is 5.60 Å². The summed E-state index contributed by atoms with van der Waals surface area (Å²) in [6.45, 7) is 5.99. The summed E-state index contributed by atoms with van der Waals surface area (Å²) in [6, 6.07) is 4.05. The van der Waals surface area contributed by atoms with Crippen LogP contribution in [0.25, 0.3) is 0 Å². The molecule has 0 saturated carbocycles. The third-order valence-electron chi connectivity index (χ3n) is 3.56. The minimum atomic E-state index is -0.867. The first-order chi connectivity index (χ1) is 8.92. The number of hydrogen-bond donors (Lipinski definition) is 1. The van der Waals surface area contributed by atoms with E-state index in [1.54, 1.807) is 0 Å². The first-order valence-corrected chi connectivity index (χ1v) is 6.87. The van der Waals surface area contributed by atoms with E-state index in [2.05, 4.69) is 18.7 Å². The molecule has 1 aliphatic heterocycles. The van der Waals surface area contributed by atoms with Gasteiger partial charge in [-0.05, 0) is 26.1 Å². The maximum absolute atomic E-state index is 10.7. The van der Waals surface area contributed by atoms with Gasteiger partial charge in [-0.1, -0.05) is 19.9 Å². The van der Waals surface area contributed by atoms with E-state index in [0.717, 1.165) is 23.5 Å². The summed E-state index contributed by atoms with van der Waals surface area (Å²) in [5, 5.41) is 10.7. The van der Waals surface area contributed by atoms with Crippen molar-refractivity contribution in [2.45, 2.75) is 38.3 Å². The van der Waals surface area contributed by atoms with E-state index in [1.165, 1.54) is 0 Å². The predicted octanol–water partition coefficient (Wildman–Crippen LogP) is 1.87. The van der Waals surface area contributed by atoms with Crippen molar-refractivity contribution in [2.75, 3.05) is 27.3 Å². The number of aromatic nitrogens is 1. The van der Waals surface area contributed by atoms with Crippen LogP contribution in [0.4, 0.5) is 0 Å². The second-order valence-corrected chi connectivity index (χ2v) is 5.96. The van der Waals surface area contributed by atoms with Crippen LogP contribution in [0.5, 0.6) is 0 Å². The van der Waals surface area contributed by atoms with Crippen molar-refractivity contribution < 1.29 is 9.84 Å². The van der Waals surface area contributed by atoms with Crippen molar-refractivity contribution in [3.63, 3.8) is 0 Å². The highest BCUT2D eigenvalue weighted by atomic mass is 16.5. The van der Waals surface area contributed by atoms with E-state index in [0.29, 0.717) is 25.6 Å². The average molecular weight is 264 g/mol. The Balaban J connectivity index is 2.41. The summed E-state index contributed by atoms with van der Waals surface area (Å²) in [6.07, 6.45) is 0.649. The van der Waals surface area contributed by atoms with Crippen molar-refractivity contribution in [3.8, 4) is 0 Å². The Bertz CT molecular complexity index is 438. The van der Waals surface area contributed by atoms with Crippen LogP contribution in [0.2, 0.25) is 0 Å². The van der Waals surface area contributed by atoms with Gasteiger partial charge in [-0.2, -0.15) is 0 Å². The second kappa shape index (κ2) is 5.57. The fraction of sp³-hybridized carbons (Fsp3) is 0.667. The zero-order valence-electron chi connectivity index (χ0n) is 12.3. The highest BCUT2D eigenvalue weighted by molar-refractivity contribution is 5.31. The molecule has 2 heterocycles. The van der Waals surface area contributed by atoms with E-state index in [4.69, 9.17) is 9.72 Å². The molecule has 106 valence electrons. The first kappa shape index (κ1) is 14.4. The molecule has 19 heavy (non-hydrogen) atoms. The molecule has 1 aliphatic rings. The largest absolute Gasteiger partial charge is 0.383 e. The Kier molecular flexibility index (Phi) is 4.23. The molecule has 0 amide bonds. The lowest BCUT2D eigenvalue weighted by Crippen LogP contribution is -2.29. The maximum atomic E-state index is 10.7. The molecule has 0 aromatic carbocycles. The zero-order valence-corrected chi connectivity index (χ0v) is 12.3. The molecule has 0 bridgehead atoms. The topological polar surface area (TPSA) is 45.6 Å². The Labute approximate surface area is 115 Å². The number of nitrogens with zero attached hydrogens (tertiary/aromatic N) is 2. The molecule has 1 fully saturated rings. The van der Waals surface area contributed by atoms with Gasteiger partial charge in [0.2, 0.25) is 0 Å². The highest BCUT2D eigenvalue weighted by Gasteiger charge is 2.36. The van der Waals surface area contributed by atoms with Crippen LogP contribution in [0.15, 0.2) is 12.1 Å². The van der Waals surface area contributed by atoms with Gasteiger partial charge < -0.3 is 14.7 Å². The second-order valence-electron chi connectivity index (χ2n) is 5.96. The van der Waals surface area contributed by atoms with Gasteiger partial charge in [0.05, 0.1) is 12.3 Å². The standard InChI is InChI=1S/C15H24N2O2/c1-11(2)13-6-5-12(14(16-13)9-17(3)4)15(18)7-8-19-10-15/h5-6,11,18H,7-10H2,1-4H3. The van der Waals surface area contributed by atoms with Gasteiger partial charge in [0.15, 0.2) is 0 Å². The van der Waals surface area contributed by atoms with Crippen LogP contribution < -0.4 is 0 Å². The normalized spacial score (nSPS) is 23.5. The number of pyridine rings is 1. The van der Waals surface area contributed by atoms with Crippen LogP contribution in [-0.2, 0) is 16.9 Å². The predicted molar refractivity (Wildman–Crippen MR) is 75.0 cm³/mol.